The molecule has 160 valence electrons. The summed E-state index contributed by atoms with van der Waals surface area (Å²) in [7, 11) is 0. The lowest BCUT2D eigenvalue weighted by molar-refractivity contribution is -0.119. The maximum Gasteiger partial charge on any atom is 0.229 e. The molecule has 2 aromatic rings. The van der Waals surface area contributed by atoms with E-state index in [0.717, 1.165) is 51.8 Å². The van der Waals surface area contributed by atoms with Gasteiger partial charge < -0.3 is 20.7 Å². The van der Waals surface area contributed by atoms with E-state index in [9.17, 15) is 9.18 Å². The minimum Gasteiger partial charge on any atom is -0.381 e. The molecule has 2 aliphatic rings. The van der Waals surface area contributed by atoms with Crippen molar-refractivity contribution in [3.8, 4) is 11.1 Å². The van der Waals surface area contributed by atoms with Gasteiger partial charge >= 0.3 is 0 Å². The third kappa shape index (κ3) is 4.91. The van der Waals surface area contributed by atoms with Gasteiger partial charge in [-0.25, -0.2) is 9.37 Å². The lowest BCUT2D eigenvalue weighted by Crippen LogP contribution is -2.33. The molecule has 4 heterocycles. The van der Waals surface area contributed by atoms with Gasteiger partial charge in [-0.1, -0.05) is 6.92 Å². The highest BCUT2D eigenvalue weighted by atomic mass is 19.1. The van der Waals surface area contributed by atoms with Crippen LogP contribution in [0.1, 0.15) is 26.2 Å². The molecule has 2 saturated heterocycles. The molecule has 0 spiro atoms. The summed E-state index contributed by atoms with van der Waals surface area (Å²) in [5.41, 5.74) is 1.02. The van der Waals surface area contributed by atoms with Crippen LogP contribution in [0.5, 0.6) is 0 Å². The van der Waals surface area contributed by atoms with Gasteiger partial charge in [-0.15, -0.1) is 5.10 Å². The van der Waals surface area contributed by atoms with Gasteiger partial charge in [0.25, 0.3) is 0 Å². The van der Waals surface area contributed by atoms with Crippen LogP contribution in [0, 0.1) is 17.2 Å². The number of amides is 1. The molecule has 2 aliphatic heterocycles. The monoisotopic (exact) mass is 414 g/mol. The second-order valence-electron chi connectivity index (χ2n) is 8.33. The van der Waals surface area contributed by atoms with E-state index < -0.39 is 5.82 Å². The van der Waals surface area contributed by atoms with Crippen LogP contribution in [0.25, 0.3) is 11.1 Å². The van der Waals surface area contributed by atoms with Crippen LogP contribution in [0.3, 0.4) is 0 Å². The van der Waals surface area contributed by atoms with Crippen LogP contribution in [-0.2, 0) is 9.53 Å². The number of pyridine rings is 1. The molecule has 3 N–H and O–H groups in total. The molecule has 9 heteroatoms. The zero-order chi connectivity index (χ0) is 21.0. The predicted octanol–water partition coefficient (Wildman–Crippen LogP) is 2.45. The maximum atomic E-state index is 14.5. The van der Waals surface area contributed by atoms with E-state index in [1.54, 1.807) is 6.07 Å². The second kappa shape index (κ2) is 9.01. The average molecular weight is 414 g/mol. The van der Waals surface area contributed by atoms with Crippen LogP contribution < -0.4 is 16.0 Å². The number of nitrogens with one attached hydrogen (secondary N) is 3. The number of rotatable bonds is 6. The Morgan fingerprint density at radius 2 is 2.13 bits per heavy atom. The molecule has 1 unspecified atom stereocenters. The fraction of sp³-hybridized carbons (Fsp3) is 0.524. The molecule has 1 amide bonds. The number of ether oxygens (including phenoxy) is 1. The summed E-state index contributed by atoms with van der Waals surface area (Å²) in [5.74, 6) is 0.226. The van der Waals surface area contributed by atoms with Crippen molar-refractivity contribution in [2.45, 2.75) is 26.2 Å². The smallest absolute Gasteiger partial charge is 0.229 e. The van der Waals surface area contributed by atoms with E-state index in [4.69, 9.17) is 4.74 Å². The van der Waals surface area contributed by atoms with Gasteiger partial charge in [0.1, 0.15) is 17.5 Å². The third-order valence-electron chi connectivity index (χ3n) is 5.90. The van der Waals surface area contributed by atoms with E-state index in [1.807, 2.05) is 0 Å². The van der Waals surface area contributed by atoms with Gasteiger partial charge in [0, 0.05) is 37.4 Å². The fourth-order valence-electron chi connectivity index (χ4n) is 3.78. The Labute approximate surface area is 175 Å². The van der Waals surface area contributed by atoms with Crippen molar-refractivity contribution in [1.29, 1.82) is 0 Å². The lowest BCUT2D eigenvalue weighted by Gasteiger charge is -2.33. The molecule has 8 nitrogen and oxygen atoms in total. The van der Waals surface area contributed by atoms with E-state index in [0.29, 0.717) is 29.3 Å². The molecule has 2 aromatic heterocycles. The number of carbonyl (C=O) groups excluding carboxylic acids is 1. The molecule has 1 atom stereocenters. The fourth-order valence-corrected chi connectivity index (χ4v) is 3.78. The average Bonchev–Trinajstić information content (AvgIpc) is 3.30. The Kier molecular flexibility index (Phi) is 6.19. The Balaban J connectivity index is 1.47. The van der Waals surface area contributed by atoms with Gasteiger partial charge in [-0.05, 0) is 43.4 Å². The van der Waals surface area contributed by atoms with Crippen LogP contribution >= 0.6 is 0 Å². The number of hydrogen-bond acceptors (Lipinski definition) is 7. The van der Waals surface area contributed by atoms with Crippen LogP contribution in [0.4, 0.5) is 16.0 Å². The summed E-state index contributed by atoms with van der Waals surface area (Å²) in [6.07, 6.45) is 5.37. The Morgan fingerprint density at radius 1 is 1.30 bits per heavy atom. The number of carbonyl (C=O) groups is 1. The first kappa shape index (κ1) is 20.6. The molecule has 0 radical (unpaired) electrons. The highest BCUT2D eigenvalue weighted by molar-refractivity contribution is 5.92. The highest BCUT2D eigenvalue weighted by Gasteiger charge is 2.27. The molecule has 0 aromatic carbocycles. The Hall–Kier alpha value is -2.65. The summed E-state index contributed by atoms with van der Waals surface area (Å²) in [6, 6.07) is 3.30. The zero-order valence-corrected chi connectivity index (χ0v) is 17.1. The van der Waals surface area contributed by atoms with Crippen molar-refractivity contribution in [3.05, 3.63) is 30.3 Å². The second-order valence-corrected chi connectivity index (χ2v) is 8.33. The third-order valence-corrected chi connectivity index (χ3v) is 5.90. The van der Waals surface area contributed by atoms with Gasteiger partial charge in [-0.2, -0.15) is 5.10 Å². The Morgan fingerprint density at radius 3 is 2.90 bits per heavy atom. The molecular formula is C21H27FN6O2. The number of aromatic nitrogens is 3. The molecule has 0 bridgehead atoms. The van der Waals surface area contributed by atoms with Crippen molar-refractivity contribution >= 4 is 17.5 Å². The minimum absolute atomic E-state index is 0.0924. The van der Waals surface area contributed by atoms with Crippen molar-refractivity contribution in [3.63, 3.8) is 0 Å². The van der Waals surface area contributed by atoms with Crippen LogP contribution in [0.15, 0.2) is 24.5 Å². The number of halogens is 1. The number of nitrogens with zero attached hydrogens (tertiary/aromatic N) is 3. The first-order valence-corrected chi connectivity index (χ1v) is 10.3. The highest BCUT2D eigenvalue weighted by Crippen LogP contribution is 2.30. The van der Waals surface area contributed by atoms with Crippen molar-refractivity contribution in [2.24, 2.45) is 11.3 Å². The first-order chi connectivity index (χ1) is 14.5. The predicted molar refractivity (Wildman–Crippen MR) is 111 cm³/mol. The summed E-state index contributed by atoms with van der Waals surface area (Å²) >= 11 is 0. The molecule has 4 rings (SSSR count). The Bertz CT molecular complexity index is 897. The number of anilines is 2. The summed E-state index contributed by atoms with van der Waals surface area (Å²) in [6.45, 7) is 5.95. The van der Waals surface area contributed by atoms with Gasteiger partial charge in [0.05, 0.1) is 18.3 Å². The summed E-state index contributed by atoms with van der Waals surface area (Å²) in [4.78, 5) is 16.4. The number of hydrogen-bond donors (Lipinski definition) is 3. The summed E-state index contributed by atoms with van der Waals surface area (Å²) in [5, 5.41) is 17.4. The standard InChI is InChI=1S/C21H27FN6O2/c1-21(3-6-30-7-4-21)13-25-19-8-15(11-26-28-19)16-9-18(24-12-17(16)22)27-20(29)14-2-5-23-10-14/h8-9,11-12,14,23H,2-7,10,13H2,1H3,(H,25,28)(H,24,27,29). The molecule has 2 fully saturated rings. The van der Waals surface area contributed by atoms with Gasteiger partial charge in [-0.3, -0.25) is 4.79 Å². The summed E-state index contributed by atoms with van der Waals surface area (Å²) < 4.78 is 19.9. The van der Waals surface area contributed by atoms with E-state index in [-0.39, 0.29) is 17.2 Å². The molecule has 30 heavy (non-hydrogen) atoms. The normalized spacial score (nSPS) is 20.7. The molecular weight excluding hydrogens is 387 g/mol. The van der Waals surface area contributed by atoms with Gasteiger partial charge in [0.15, 0.2) is 0 Å². The molecule has 0 saturated carbocycles. The SMILES string of the molecule is CC1(CNc2cc(-c3cc(NC(=O)C4CCNC4)ncc3F)cnn2)CCOCC1. The van der Waals surface area contributed by atoms with Crippen LogP contribution in [-0.4, -0.2) is 53.9 Å². The first-order valence-electron chi connectivity index (χ1n) is 10.3. The maximum absolute atomic E-state index is 14.5. The van der Waals surface area contributed by atoms with Crippen molar-refractivity contribution in [1.82, 2.24) is 20.5 Å². The lowest BCUT2D eigenvalue weighted by atomic mass is 9.82. The van der Waals surface area contributed by atoms with E-state index >= 15 is 0 Å². The molecule has 0 aliphatic carbocycles. The minimum atomic E-state index is -0.481. The van der Waals surface area contributed by atoms with E-state index in [1.165, 1.54) is 12.3 Å². The van der Waals surface area contributed by atoms with Crippen LogP contribution in [0.2, 0.25) is 0 Å². The van der Waals surface area contributed by atoms with Crippen molar-refractivity contribution in [2.75, 3.05) is 43.5 Å². The van der Waals surface area contributed by atoms with E-state index in [2.05, 4.69) is 38.1 Å². The largest absolute Gasteiger partial charge is 0.381 e. The van der Waals surface area contributed by atoms with Gasteiger partial charge in [0.2, 0.25) is 5.91 Å². The zero-order valence-electron chi connectivity index (χ0n) is 17.1. The quantitative estimate of drug-likeness (QED) is 0.667. The van der Waals surface area contributed by atoms with Crippen molar-refractivity contribution < 1.29 is 13.9 Å². The topological polar surface area (TPSA) is 101 Å².